The van der Waals surface area contributed by atoms with E-state index in [1.807, 2.05) is 0 Å². The number of aryl methyl sites for hydroxylation is 1. The zero-order valence-electron chi connectivity index (χ0n) is 10.6. The molecule has 2 aliphatic rings. The van der Waals surface area contributed by atoms with E-state index >= 15 is 0 Å². The van der Waals surface area contributed by atoms with Gasteiger partial charge in [0.1, 0.15) is 0 Å². The highest BCUT2D eigenvalue weighted by molar-refractivity contribution is 5.65. The second-order valence-electron chi connectivity index (χ2n) is 5.40. The number of hydrogen-bond donors (Lipinski definition) is 1. The molecule has 2 atom stereocenters. The van der Waals surface area contributed by atoms with Gasteiger partial charge in [0.15, 0.2) is 0 Å². The lowest BCUT2D eigenvalue weighted by Gasteiger charge is -2.20. The summed E-state index contributed by atoms with van der Waals surface area (Å²) in [6, 6.07) is 11.8. The Morgan fingerprint density at radius 3 is 2.89 bits per heavy atom. The molecule has 0 amide bonds. The molecule has 4 rings (SSSR count). The van der Waals surface area contributed by atoms with E-state index in [0.29, 0.717) is 12.1 Å². The molecule has 2 bridgehead atoms. The molecule has 0 spiro atoms. The van der Waals surface area contributed by atoms with E-state index in [1.54, 1.807) is 0 Å². The Bertz CT molecular complexity index is 585. The summed E-state index contributed by atoms with van der Waals surface area (Å²) in [5.74, 6) is 0. The summed E-state index contributed by atoms with van der Waals surface area (Å²) < 4.78 is 2.06. The summed E-state index contributed by atoms with van der Waals surface area (Å²) in [4.78, 5) is 0. The Morgan fingerprint density at radius 2 is 2.06 bits per heavy atom. The van der Waals surface area contributed by atoms with Crippen LogP contribution in [0.3, 0.4) is 0 Å². The van der Waals surface area contributed by atoms with Gasteiger partial charge in [-0.3, -0.25) is 4.68 Å². The van der Waals surface area contributed by atoms with Crippen molar-refractivity contribution in [2.75, 3.05) is 0 Å². The fraction of sp³-hybridized carbons (Fsp3) is 0.400. The van der Waals surface area contributed by atoms with Crippen LogP contribution in [0.5, 0.6) is 0 Å². The van der Waals surface area contributed by atoms with Crippen molar-refractivity contribution in [2.24, 2.45) is 7.05 Å². The smallest absolute Gasteiger partial charge is 0.0833 e. The van der Waals surface area contributed by atoms with E-state index < -0.39 is 0 Å². The molecule has 0 unspecified atom stereocenters. The van der Waals surface area contributed by atoms with Crippen LogP contribution in [0, 0.1) is 0 Å². The molecule has 3 heterocycles. The van der Waals surface area contributed by atoms with Crippen molar-refractivity contribution < 1.29 is 0 Å². The van der Waals surface area contributed by atoms with Gasteiger partial charge in [0.2, 0.25) is 0 Å². The second-order valence-corrected chi connectivity index (χ2v) is 5.40. The van der Waals surface area contributed by atoms with Crippen LogP contribution in [0.1, 0.15) is 30.1 Å². The summed E-state index contributed by atoms with van der Waals surface area (Å²) in [5, 5.41) is 8.42. The Balaban J connectivity index is 1.90. The van der Waals surface area contributed by atoms with Gasteiger partial charge in [0.05, 0.1) is 17.4 Å². The molecule has 0 radical (unpaired) electrons. The van der Waals surface area contributed by atoms with Gasteiger partial charge in [0.25, 0.3) is 0 Å². The predicted octanol–water partition coefficient (Wildman–Crippen LogP) is 2.44. The number of fused-ring (bicyclic) bond motifs is 4. The standard InChI is InChI=1S/C15H17N3/c1-18-15(10-5-3-2-4-6-10)12-9-11-7-8-13(16-11)14(12)17-18/h2-6,11,13,16H,7-9H2,1H3/t11-,13+/m1/s1. The summed E-state index contributed by atoms with van der Waals surface area (Å²) in [6.45, 7) is 0. The summed E-state index contributed by atoms with van der Waals surface area (Å²) in [6.07, 6.45) is 3.66. The maximum absolute atomic E-state index is 4.76. The van der Waals surface area contributed by atoms with Crippen molar-refractivity contribution in [1.29, 1.82) is 0 Å². The predicted molar refractivity (Wildman–Crippen MR) is 71.2 cm³/mol. The van der Waals surface area contributed by atoms with Gasteiger partial charge >= 0.3 is 0 Å². The molecule has 2 aliphatic heterocycles. The first kappa shape index (κ1) is 10.3. The first-order valence-electron chi connectivity index (χ1n) is 6.70. The third-order valence-electron chi connectivity index (χ3n) is 4.24. The molecule has 0 aliphatic carbocycles. The molecule has 1 aromatic heterocycles. The third kappa shape index (κ3) is 1.37. The maximum atomic E-state index is 4.76. The zero-order chi connectivity index (χ0) is 12.1. The van der Waals surface area contributed by atoms with Crippen LogP contribution in [-0.2, 0) is 13.5 Å². The van der Waals surface area contributed by atoms with E-state index in [9.17, 15) is 0 Å². The Kier molecular flexibility index (Phi) is 2.12. The van der Waals surface area contributed by atoms with Crippen LogP contribution >= 0.6 is 0 Å². The van der Waals surface area contributed by atoms with Crippen molar-refractivity contribution in [3.8, 4) is 11.3 Å². The molecular weight excluding hydrogens is 222 g/mol. The first-order chi connectivity index (χ1) is 8.83. The van der Waals surface area contributed by atoms with Gasteiger partial charge in [0, 0.05) is 24.2 Å². The van der Waals surface area contributed by atoms with Crippen molar-refractivity contribution in [1.82, 2.24) is 15.1 Å². The lowest BCUT2D eigenvalue weighted by molar-refractivity contribution is 0.505. The average molecular weight is 239 g/mol. The van der Waals surface area contributed by atoms with E-state index in [4.69, 9.17) is 5.10 Å². The second kappa shape index (κ2) is 3.69. The molecule has 2 aromatic rings. The van der Waals surface area contributed by atoms with Crippen LogP contribution in [-0.4, -0.2) is 15.8 Å². The Labute approximate surface area is 107 Å². The molecule has 3 nitrogen and oxygen atoms in total. The Morgan fingerprint density at radius 1 is 1.22 bits per heavy atom. The molecule has 1 fully saturated rings. The highest BCUT2D eigenvalue weighted by atomic mass is 15.3. The largest absolute Gasteiger partial charge is 0.305 e. The van der Waals surface area contributed by atoms with Gasteiger partial charge in [-0.25, -0.2) is 0 Å². The van der Waals surface area contributed by atoms with Crippen LogP contribution in [0.4, 0.5) is 0 Å². The van der Waals surface area contributed by atoms with Crippen LogP contribution in [0.25, 0.3) is 11.3 Å². The molecule has 0 saturated carbocycles. The van der Waals surface area contributed by atoms with Gasteiger partial charge in [-0.05, 0) is 19.3 Å². The fourth-order valence-electron chi connectivity index (χ4n) is 3.47. The molecule has 92 valence electrons. The average Bonchev–Trinajstić information content (AvgIpc) is 2.93. The van der Waals surface area contributed by atoms with Gasteiger partial charge in [-0.2, -0.15) is 5.10 Å². The van der Waals surface area contributed by atoms with Crippen molar-refractivity contribution >= 4 is 0 Å². The topological polar surface area (TPSA) is 29.9 Å². The Hall–Kier alpha value is -1.61. The number of rotatable bonds is 1. The van der Waals surface area contributed by atoms with Crippen LogP contribution in [0.15, 0.2) is 30.3 Å². The summed E-state index contributed by atoms with van der Waals surface area (Å²) in [5.41, 5.74) is 5.35. The summed E-state index contributed by atoms with van der Waals surface area (Å²) >= 11 is 0. The zero-order valence-corrected chi connectivity index (χ0v) is 10.6. The van der Waals surface area contributed by atoms with Gasteiger partial charge in [-0.1, -0.05) is 30.3 Å². The lowest BCUT2D eigenvalue weighted by Crippen LogP contribution is -2.31. The minimum Gasteiger partial charge on any atom is -0.305 e. The number of nitrogens with one attached hydrogen (secondary N) is 1. The fourth-order valence-corrected chi connectivity index (χ4v) is 3.47. The van der Waals surface area contributed by atoms with Crippen molar-refractivity contribution in [2.45, 2.75) is 31.3 Å². The molecular formula is C15H17N3. The minimum atomic E-state index is 0.488. The molecule has 3 heteroatoms. The maximum Gasteiger partial charge on any atom is 0.0833 e. The molecule has 18 heavy (non-hydrogen) atoms. The van der Waals surface area contributed by atoms with Crippen molar-refractivity contribution in [3.63, 3.8) is 0 Å². The number of benzene rings is 1. The monoisotopic (exact) mass is 239 g/mol. The van der Waals surface area contributed by atoms with E-state index in [2.05, 4.69) is 47.4 Å². The van der Waals surface area contributed by atoms with Crippen LogP contribution < -0.4 is 5.32 Å². The van der Waals surface area contributed by atoms with E-state index in [1.165, 1.54) is 35.4 Å². The quantitative estimate of drug-likeness (QED) is 0.828. The normalized spacial score (nSPS) is 25.2. The SMILES string of the molecule is Cn1nc2c(c1-c1ccccc1)C[C@H]1CC[C@@H]2N1. The molecule has 1 saturated heterocycles. The van der Waals surface area contributed by atoms with E-state index in [-0.39, 0.29) is 0 Å². The van der Waals surface area contributed by atoms with Crippen LogP contribution in [0.2, 0.25) is 0 Å². The first-order valence-corrected chi connectivity index (χ1v) is 6.70. The summed E-state index contributed by atoms with van der Waals surface area (Å²) in [7, 11) is 2.06. The number of nitrogens with zero attached hydrogens (tertiary/aromatic N) is 2. The highest BCUT2D eigenvalue weighted by Gasteiger charge is 2.36. The van der Waals surface area contributed by atoms with Gasteiger partial charge < -0.3 is 5.32 Å². The number of hydrogen-bond acceptors (Lipinski definition) is 2. The van der Waals surface area contributed by atoms with Crippen molar-refractivity contribution in [3.05, 3.63) is 41.6 Å². The lowest BCUT2D eigenvalue weighted by atomic mass is 9.96. The minimum absolute atomic E-state index is 0.488. The van der Waals surface area contributed by atoms with E-state index in [0.717, 1.165) is 6.42 Å². The number of aromatic nitrogens is 2. The molecule has 1 aromatic carbocycles. The van der Waals surface area contributed by atoms with Gasteiger partial charge in [-0.15, -0.1) is 0 Å². The highest BCUT2D eigenvalue weighted by Crippen LogP contribution is 2.39. The molecule has 1 N–H and O–H groups in total. The third-order valence-corrected chi connectivity index (χ3v) is 4.24.